The topological polar surface area (TPSA) is 35.5 Å². The van der Waals surface area contributed by atoms with Crippen LogP contribution >= 0.6 is 0 Å². The maximum absolute atomic E-state index is 10.8. The molecule has 1 saturated heterocycles. The summed E-state index contributed by atoms with van der Waals surface area (Å²) < 4.78 is 9.56. The fourth-order valence-electron chi connectivity index (χ4n) is 0.930. The molecule has 1 rings (SSSR count). The third-order valence-electron chi connectivity index (χ3n) is 1.49. The van der Waals surface area contributed by atoms with Crippen molar-refractivity contribution in [3.63, 3.8) is 0 Å². The SMILES string of the molecule is COC(=O)[C]1CCCCO1. The van der Waals surface area contributed by atoms with Gasteiger partial charge in [0.15, 0.2) is 0 Å². The number of ether oxygens (including phenoxy) is 2. The maximum atomic E-state index is 10.8. The van der Waals surface area contributed by atoms with Crippen LogP contribution in [0.2, 0.25) is 0 Å². The first kappa shape index (κ1) is 7.54. The molecule has 0 bridgehead atoms. The zero-order valence-electron chi connectivity index (χ0n) is 6.05. The Labute approximate surface area is 60.3 Å². The van der Waals surface area contributed by atoms with Gasteiger partial charge in [-0.05, 0) is 19.3 Å². The molecule has 1 aliphatic rings. The molecular weight excluding hydrogens is 132 g/mol. The highest BCUT2D eigenvalue weighted by Crippen LogP contribution is 2.19. The summed E-state index contributed by atoms with van der Waals surface area (Å²) in [5.41, 5.74) is 0. The Hall–Kier alpha value is -0.570. The van der Waals surface area contributed by atoms with Crippen LogP contribution in [0.25, 0.3) is 0 Å². The second kappa shape index (κ2) is 3.56. The summed E-state index contributed by atoms with van der Waals surface area (Å²) in [4.78, 5) is 10.8. The number of hydrogen-bond acceptors (Lipinski definition) is 3. The lowest BCUT2D eigenvalue weighted by atomic mass is 10.1. The molecule has 57 valence electrons. The summed E-state index contributed by atoms with van der Waals surface area (Å²) in [6, 6.07) is 0. The second-order valence-electron chi connectivity index (χ2n) is 2.22. The first-order chi connectivity index (χ1) is 4.84. The average Bonchev–Trinajstić information content (AvgIpc) is 2.05. The molecule has 1 fully saturated rings. The standard InChI is InChI=1S/C7H11O3/c1-9-7(8)6-4-2-3-5-10-6/h2-5H2,1H3. The number of rotatable bonds is 1. The average molecular weight is 143 g/mol. The van der Waals surface area contributed by atoms with Crippen LogP contribution in [0.4, 0.5) is 0 Å². The maximum Gasteiger partial charge on any atom is 0.341 e. The van der Waals surface area contributed by atoms with Gasteiger partial charge >= 0.3 is 5.97 Å². The van der Waals surface area contributed by atoms with E-state index >= 15 is 0 Å². The predicted octanol–water partition coefficient (Wildman–Crippen LogP) is 0.892. The Balaban J connectivity index is 2.31. The minimum Gasteiger partial charge on any atom is -0.467 e. The molecule has 0 saturated carbocycles. The molecule has 0 aliphatic carbocycles. The van der Waals surface area contributed by atoms with Gasteiger partial charge in [-0.3, -0.25) is 0 Å². The Bertz CT molecular complexity index is 116. The normalized spacial score (nSPS) is 20.5. The Morgan fingerprint density at radius 3 is 2.90 bits per heavy atom. The minimum absolute atomic E-state index is 0.320. The molecule has 1 radical (unpaired) electrons. The van der Waals surface area contributed by atoms with Crippen LogP contribution in [0, 0.1) is 6.10 Å². The molecule has 0 amide bonds. The highest BCUT2D eigenvalue weighted by Gasteiger charge is 2.23. The van der Waals surface area contributed by atoms with Gasteiger partial charge in [0.1, 0.15) is 0 Å². The van der Waals surface area contributed by atoms with E-state index in [9.17, 15) is 4.79 Å². The largest absolute Gasteiger partial charge is 0.467 e. The van der Waals surface area contributed by atoms with Gasteiger partial charge in [0.2, 0.25) is 6.10 Å². The summed E-state index contributed by atoms with van der Waals surface area (Å²) >= 11 is 0. The lowest BCUT2D eigenvalue weighted by molar-refractivity contribution is -0.146. The van der Waals surface area contributed by atoms with E-state index < -0.39 is 0 Å². The first-order valence-corrected chi connectivity index (χ1v) is 3.41. The Kier molecular flexibility index (Phi) is 2.68. The fraction of sp³-hybridized carbons (Fsp3) is 0.714. The molecule has 0 N–H and O–H groups in total. The number of carbonyl (C=O) groups excluding carboxylic acids is 1. The van der Waals surface area contributed by atoms with Crippen LogP contribution in [0.5, 0.6) is 0 Å². The molecule has 1 heterocycles. The van der Waals surface area contributed by atoms with Crippen molar-refractivity contribution in [3.05, 3.63) is 6.10 Å². The highest BCUT2D eigenvalue weighted by molar-refractivity contribution is 5.82. The molecule has 0 atom stereocenters. The minimum atomic E-state index is -0.320. The first-order valence-electron chi connectivity index (χ1n) is 3.41. The van der Waals surface area contributed by atoms with Crippen molar-refractivity contribution in [1.82, 2.24) is 0 Å². The van der Waals surface area contributed by atoms with Crippen molar-refractivity contribution in [2.45, 2.75) is 19.3 Å². The predicted molar refractivity (Wildman–Crippen MR) is 35.1 cm³/mol. The monoisotopic (exact) mass is 143 g/mol. The quantitative estimate of drug-likeness (QED) is 0.511. The van der Waals surface area contributed by atoms with Crippen molar-refractivity contribution < 1.29 is 14.3 Å². The van der Waals surface area contributed by atoms with Crippen LogP contribution in [0.15, 0.2) is 0 Å². The second-order valence-corrected chi connectivity index (χ2v) is 2.22. The molecular formula is C7H11O3. The van der Waals surface area contributed by atoms with Gasteiger partial charge in [-0.25, -0.2) is 4.79 Å². The Morgan fingerprint density at radius 1 is 1.60 bits per heavy atom. The Morgan fingerprint density at radius 2 is 2.40 bits per heavy atom. The van der Waals surface area contributed by atoms with Gasteiger partial charge in [-0.1, -0.05) is 0 Å². The van der Waals surface area contributed by atoms with Crippen LogP contribution in [0.3, 0.4) is 0 Å². The smallest absolute Gasteiger partial charge is 0.341 e. The summed E-state index contributed by atoms with van der Waals surface area (Å²) in [6.45, 7) is 0.657. The van der Waals surface area contributed by atoms with Crippen molar-refractivity contribution in [1.29, 1.82) is 0 Å². The van der Waals surface area contributed by atoms with Crippen LogP contribution < -0.4 is 0 Å². The summed E-state index contributed by atoms with van der Waals surface area (Å²) in [5.74, 6) is -0.320. The van der Waals surface area contributed by atoms with Gasteiger partial charge in [0.05, 0.1) is 7.11 Å². The molecule has 3 heteroatoms. The number of methoxy groups -OCH3 is 1. The van der Waals surface area contributed by atoms with Gasteiger partial charge in [0, 0.05) is 6.61 Å². The molecule has 0 unspecified atom stereocenters. The third kappa shape index (κ3) is 1.70. The zero-order valence-corrected chi connectivity index (χ0v) is 6.05. The van der Waals surface area contributed by atoms with E-state index in [1.54, 1.807) is 0 Å². The zero-order chi connectivity index (χ0) is 7.40. The van der Waals surface area contributed by atoms with E-state index in [1.165, 1.54) is 7.11 Å². The van der Waals surface area contributed by atoms with Crippen molar-refractivity contribution in [2.24, 2.45) is 0 Å². The van der Waals surface area contributed by atoms with Gasteiger partial charge in [0.25, 0.3) is 0 Å². The lowest BCUT2D eigenvalue weighted by Crippen LogP contribution is -2.21. The van der Waals surface area contributed by atoms with Crippen LogP contribution in [-0.4, -0.2) is 19.7 Å². The van der Waals surface area contributed by atoms with Gasteiger partial charge < -0.3 is 9.47 Å². The van der Waals surface area contributed by atoms with E-state index in [1.807, 2.05) is 0 Å². The van der Waals surface area contributed by atoms with E-state index in [4.69, 9.17) is 4.74 Å². The molecule has 0 spiro atoms. The van der Waals surface area contributed by atoms with E-state index in [2.05, 4.69) is 4.74 Å². The van der Waals surface area contributed by atoms with Gasteiger partial charge in [-0.15, -0.1) is 0 Å². The van der Waals surface area contributed by atoms with Crippen LogP contribution in [0.1, 0.15) is 19.3 Å². The molecule has 10 heavy (non-hydrogen) atoms. The lowest BCUT2D eigenvalue weighted by Gasteiger charge is -2.18. The van der Waals surface area contributed by atoms with Crippen molar-refractivity contribution >= 4 is 5.97 Å². The third-order valence-corrected chi connectivity index (χ3v) is 1.49. The molecule has 3 nitrogen and oxygen atoms in total. The number of carbonyl (C=O) groups is 1. The number of esters is 1. The summed E-state index contributed by atoms with van der Waals surface area (Å²) in [7, 11) is 1.37. The van der Waals surface area contributed by atoms with Crippen molar-refractivity contribution in [3.8, 4) is 0 Å². The van der Waals surface area contributed by atoms with Gasteiger partial charge in [-0.2, -0.15) is 0 Å². The van der Waals surface area contributed by atoms with Crippen molar-refractivity contribution in [2.75, 3.05) is 13.7 Å². The summed E-state index contributed by atoms with van der Waals surface area (Å²) in [5, 5.41) is 0. The molecule has 0 aromatic rings. The molecule has 1 aliphatic heterocycles. The summed E-state index contributed by atoms with van der Waals surface area (Å²) in [6.07, 6.45) is 3.28. The van der Waals surface area contributed by atoms with Crippen LogP contribution in [-0.2, 0) is 14.3 Å². The van der Waals surface area contributed by atoms with E-state index in [0.717, 1.165) is 19.3 Å². The molecule has 0 aromatic heterocycles. The van der Waals surface area contributed by atoms with E-state index in [0.29, 0.717) is 12.7 Å². The van der Waals surface area contributed by atoms with E-state index in [-0.39, 0.29) is 5.97 Å². The highest BCUT2D eigenvalue weighted by atomic mass is 16.6. The fourth-order valence-corrected chi connectivity index (χ4v) is 0.930. The number of hydrogen-bond donors (Lipinski definition) is 0. The molecule has 0 aromatic carbocycles.